The Morgan fingerprint density at radius 2 is 2.04 bits per heavy atom. The second-order valence-electron chi connectivity index (χ2n) is 6.77. The summed E-state index contributed by atoms with van der Waals surface area (Å²) in [6, 6.07) is 7.48. The molecule has 132 valence electrons. The summed E-state index contributed by atoms with van der Waals surface area (Å²) in [5, 5.41) is 12.0. The maximum absolute atomic E-state index is 12.7. The lowest BCUT2D eigenvalue weighted by Gasteiger charge is -2.35. The van der Waals surface area contributed by atoms with Crippen molar-refractivity contribution in [2.24, 2.45) is 5.92 Å². The van der Waals surface area contributed by atoms with Crippen LogP contribution in [0.15, 0.2) is 29.6 Å². The van der Waals surface area contributed by atoms with Crippen LogP contribution in [0.5, 0.6) is 0 Å². The number of thiazole rings is 1. The Bertz CT molecular complexity index is 769. The number of carbonyl (C=O) groups excluding carboxylic acids is 1. The summed E-state index contributed by atoms with van der Waals surface area (Å²) in [6.07, 6.45) is 2.01. The number of hydrogen-bond donors (Lipinski definition) is 1. The van der Waals surface area contributed by atoms with E-state index >= 15 is 0 Å². The topological polar surface area (TPSA) is 70.5 Å². The summed E-state index contributed by atoms with van der Waals surface area (Å²) in [4.78, 5) is 30.2. The van der Waals surface area contributed by atoms with Crippen LogP contribution in [0.2, 0.25) is 0 Å². The van der Waals surface area contributed by atoms with Crippen LogP contribution in [0, 0.1) is 12.8 Å². The van der Waals surface area contributed by atoms with Crippen molar-refractivity contribution in [2.45, 2.75) is 39.2 Å². The average molecular weight is 358 g/mol. The highest BCUT2D eigenvalue weighted by Gasteiger charge is 2.35. The SMILES string of the molecule is Cc1ccc(Cc2nc(C(=O)N3CCC(C)CC3C(=O)O)cs2)cc1. The van der Waals surface area contributed by atoms with Crippen molar-refractivity contribution in [3.05, 3.63) is 51.5 Å². The van der Waals surface area contributed by atoms with Crippen LogP contribution in [0.1, 0.15) is 46.4 Å². The molecule has 1 amide bonds. The minimum absolute atomic E-state index is 0.272. The predicted octanol–water partition coefficient (Wildman–Crippen LogP) is 3.37. The molecule has 1 saturated heterocycles. The Morgan fingerprint density at radius 1 is 1.32 bits per heavy atom. The number of aliphatic carboxylic acids is 1. The first kappa shape index (κ1) is 17.6. The third-order valence-electron chi connectivity index (χ3n) is 4.66. The van der Waals surface area contributed by atoms with Gasteiger partial charge in [0.1, 0.15) is 11.7 Å². The molecule has 2 aromatic rings. The van der Waals surface area contributed by atoms with Gasteiger partial charge in [-0.05, 0) is 31.2 Å². The van der Waals surface area contributed by atoms with Gasteiger partial charge in [-0.1, -0.05) is 36.8 Å². The van der Waals surface area contributed by atoms with Crippen LogP contribution < -0.4 is 0 Å². The number of likely N-dealkylation sites (tertiary alicyclic amines) is 1. The molecule has 1 aromatic heterocycles. The Labute approximate surface area is 151 Å². The Balaban J connectivity index is 1.73. The van der Waals surface area contributed by atoms with Gasteiger partial charge >= 0.3 is 5.97 Å². The maximum Gasteiger partial charge on any atom is 0.326 e. The van der Waals surface area contributed by atoms with Crippen LogP contribution in [0.3, 0.4) is 0 Å². The molecule has 0 saturated carbocycles. The van der Waals surface area contributed by atoms with Gasteiger partial charge in [-0.15, -0.1) is 11.3 Å². The van der Waals surface area contributed by atoms with E-state index in [1.807, 2.05) is 13.8 Å². The number of carboxylic acids is 1. The summed E-state index contributed by atoms with van der Waals surface area (Å²) >= 11 is 1.45. The molecular formula is C19H22N2O3S. The van der Waals surface area contributed by atoms with Gasteiger partial charge in [0, 0.05) is 18.3 Å². The average Bonchev–Trinajstić information content (AvgIpc) is 3.05. The molecule has 0 aliphatic carbocycles. The van der Waals surface area contributed by atoms with E-state index in [2.05, 4.69) is 29.2 Å². The zero-order chi connectivity index (χ0) is 18.0. The highest BCUT2D eigenvalue weighted by Crippen LogP contribution is 2.25. The van der Waals surface area contributed by atoms with E-state index in [-0.39, 0.29) is 5.91 Å². The number of piperidine rings is 1. The monoisotopic (exact) mass is 358 g/mol. The molecule has 0 spiro atoms. The first-order chi connectivity index (χ1) is 11.9. The third-order valence-corrected chi connectivity index (χ3v) is 5.51. The minimum atomic E-state index is -0.935. The molecule has 0 radical (unpaired) electrons. The van der Waals surface area contributed by atoms with Crippen LogP contribution >= 0.6 is 11.3 Å². The molecule has 2 heterocycles. The molecule has 3 rings (SSSR count). The third kappa shape index (κ3) is 4.07. The van der Waals surface area contributed by atoms with E-state index in [0.29, 0.717) is 31.0 Å². The molecule has 0 bridgehead atoms. The molecular weight excluding hydrogens is 336 g/mol. The molecule has 1 aromatic carbocycles. The fourth-order valence-corrected chi connectivity index (χ4v) is 3.94. The van der Waals surface area contributed by atoms with Crippen molar-refractivity contribution < 1.29 is 14.7 Å². The van der Waals surface area contributed by atoms with Crippen molar-refractivity contribution in [1.82, 2.24) is 9.88 Å². The fraction of sp³-hybridized carbons (Fsp3) is 0.421. The standard InChI is InChI=1S/C19H22N2O3S/c1-12-3-5-14(6-4-12)10-17-20-15(11-25-17)18(22)21-8-7-13(2)9-16(21)19(23)24/h3-6,11,13,16H,7-10H2,1-2H3,(H,23,24). The van der Waals surface area contributed by atoms with Crippen LogP contribution in [-0.4, -0.2) is 39.5 Å². The normalized spacial score (nSPS) is 20.5. The lowest BCUT2D eigenvalue weighted by molar-refractivity contribution is -0.144. The Hall–Kier alpha value is -2.21. The molecule has 1 N–H and O–H groups in total. The number of carbonyl (C=O) groups is 2. The van der Waals surface area contributed by atoms with Crippen LogP contribution in [-0.2, 0) is 11.2 Å². The Morgan fingerprint density at radius 3 is 2.72 bits per heavy atom. The molecule has 5 nitrogen and oxygen atoms in total. The quantitative estimate of drug-likeness (QED) is 0.910. The first-order valence-electron chi connectivity index (χ1n) is 8.47. The zero-order valence-electron chi connectivity index (χ0n) is 14.4. The number of aromatic nitrogens is 1. The highest BCUT2D eigenvalue weighted by atomic mass is 32.1. The van der Waals surface area contributed by atoms with E-state index < -0.39 is 12.0 Å². The molecule has 1 aliphatic rings. The second kappa shape index (κ2) is 7.35. The van der Waals surface area contributed by atoms with Gasteiger partial charge in [0.2, 0.25) is 0 Å². The fourth-order valence-electron chi connectivity index (χ4n) is 3.14. The number of hydrogen-bond acceptors (Lipinski definition) is 4. The van der Waals surface area contributed by atoms with E-state index in [1.54, 1.807) is 5.38 Å². The lowest BCUT2D eigenvalue weighted by Crippen LogP contribution is -2.49. The Kier molecular flexibility index (Phi) is 5.18. The van der Waals surface area contributed by atoms with Gasteiger partial charge < -0.3 is 10.0 Å². The molecule has 1 aliphatic heterocycles. The van der Waals surface area contributed by atoms with E-state index in [4.69, 9.17) is 0 Å². The van der Waals surface area contributed by atoms with Gasteiger partial charge in [0.05, 0.1) is 5.01 Å². The van der Waals surface area contributed by atoms with Crippen molar-refractivity contribution in [2.75, 3.05) is 6.54 Å². The number of benzene rings is 1. The minimum Gasteiger partial charge on any atom is -0.480 e. The van der Waals surface area contributed by atoms with Crippen molar-refractivity contribution >= 4 is 23.2 Å². The number of carboxylic acid groups (broad SMARTS) is 1. The number of rotatable bonds is 4. The highest BCUT2D eigenvalue weighted by molar-refractivity contribution is 7.09. The van der Waals surface area contributed by atoms with Gasteiger partial charge in [0.25, 0.3) is 5.91 Å². The van der Waals surface area contributed by atoms with Gasteiger partial charge in [-0.25, -0.2) is 9.78 Å². The lowest BCUT2D eigenvalue weighted by atomic mass is 9.92. The molecule has 6 heteroatoms. The van der Waals surface area contributed by atoms with E-state index in [1.165, 1.54) is 21.8 Å². The molecule has 25 heavy (non-hydrogen) atoms. The van der Waals surface area contributed by atoms with Crippen molar-refractivity contribution in [3.63, 3.8) is 0 Å². The summed E-state index contributed by atoms with van der Waals surface area (Å²) < 4.78 is 0. The van der Waals surface area contributed by atoms with Gasteiger partial charge in [0.15, 0.2) is 0 Å². The summed E-state index contributed by atoms with van der Waals surface area (Å²) in [5.41, 5.74) is 2.71. The van der Waals surface area contributed by atoms with E-state index in [9.17, 15) is 14.7 Å². The maximum atomic E-state index is 12.7. The summed E-state index contributed by atoms with van der Waals surface area (Å²) in [7, 11) is 0. The smallest absolute Gasteiger partial charge is 0.326 e. The predicted molar refractivity (Wildman–Crippen MR) is 97.0 cm³/mol. The van der Waals surface area contributed by atoms with E-state index in [0.717, 1.165) is 17.0 Å². The second-order valence-corrected chi connectivity index (χ2v) is 7.71. The first-order valence-corrected chi connectivity index (χ1v) is 9.35. The van der Waals surface area contributed by atoms with Gasteiger partial charge in [-0.3, -0.25) is 4.79 Å². The number of amides is 1. The van der Waals surface area contributed by atoms with Crippen molar-refractivity contribution in [1.29, 1.82) is 0 Å². The molecule has 2 unspecified atom stereocenters. The van der Waals surface area contributed by atoms with Crippen molar-refractivity contribution in [3.8, 4) is 0 Å². The largest absolute Gasteiger partial charge is 0.480 e. The number of nitrogens with zero attached hydrogens (tertiary/aromatic N) is 2. The number of aryl methyl sites for hydroxylation is 1. The molecule has 2 atom stereocenters. The van der Waals surface area contributed by atoms with Gasteiger partial charge in [-0.2, -0.15) is 0 Å². The van der Waals surface area contributed by atoms with Crippen LogP contribution in [0.4, 0.5) is 0 Å². The summed E-state index contributed by atoms with van der Waals surface area (Å²) in [6.45, 7) is 4.55. The zero-order valence-corrected chi connectivity index (χ0v) is 15.3. The van der Waals surface area contributed by atoms with Crippen LogP contribution in [0.25, 0.3) is 0 Å². The molecule has 1 fully saturated rings. The summed E-state index contributed by atoms with van der Waals surface area (Å²) in [5.74, 6) is -0.890.